The van der Waals surface area contributed by atoms with Crippen molar-refractivity contribution in [3.8, 4) is 22.8 Å². The number of halogens is 1. The first-order valence-electron chi connectivity index (χ1n) is 12.8. The van der Waals surface area contributed by atoms with Crippen LogP contribution in [0.1, 0.15) is 29.8 Å². The molecule has 1 heterocycles. The van der Waals surface area contributed by atoms with Gasteiger partial charge in [0, 0.05) is 32.8 Å². The Balaban J connectivity index is 1.28. The lowest BCUT2D eigenvalue weighted by molar-refractivity contribution is 0.0955. The van der Waals surface area contributed by atoms with Crippen LogP contribution in [0.5, 0.6) is 11.5 Å². The Morgan fingerprint density at radius 3 is 2.48 bits per heavy atom. The zero-order valence-corrected chi connectivity index (χ0v) is 23.6. The molecule has 0 spiro atoms. The minimum Gasteiger partial charge on any atom is -0.494 e. The molecule has 2 N–H and O–H groups in total. The van der Waals surface area contributed by atoms with Gasteiger partial charge < -0.3 is 14.8 Å². The number of thiazole rings is 1. The summed E-state index contributed by atoms with van der Waals surface area (Å²) in [6.45, 7) is 4.95. The first kappa shape index (κ1) is 27.2. The molecule has 4 aromatic carbocycles. The average Bonchev–Trinajstić information content (AvgIpc) is 3.44. The van der Waals surface area contributed by atoms with Gasteiger partial charge in [0.25, 0.3) is 5.91 Å². The Labute approximate surface area is 241 Å². The molecule has 7 nitrogen and oxygen atoms in total. The monoisotopic (exact) mass is 570 g/mol. The Kier molecular flexibility index (Phi) is 8.59. The van der Waals surface area contributed by atoms with E-state index in [9.17, 15) is 4.79 Å². The van der Waals surface area contributed by atoms with Gasteiger partial charge in [0.15, 0.2) is 5.13 Å². The standard InChI is InChI=1S/C31H27ClN4O3S/c1-3-38-25-15-9-20-10-16-29(39-4-2)27(26(20)17-25)18-33-36-30(37)22-7-5-21(6-8-22)28-19-40-31(35-28)34-24-13-11-23(32)12-14-24/h5-19H,3-4H2,1-2H3,(H,34,35)(H,36,37)/b33-18-. The van der Waals surface area contributed by atoms with E-state index in [-0.39, 0.29) is 5.91 Å². The fourth-order valence-electron chi connectivity index (χ4n) is 4.11. The SMILES string of the molecule is CCOc1ccc2ccc(OCC)c(/C=N\NC(=O)c3ccc(-c4csc(Nc5ccc(Cl)cc5)n4)cc3)c2c1. The zero-order chi connectivity index (χ0) is 27.9. The van der Waals surface area contributed by atoms with Gasteiger partial charge in [-0.25, -0.2) is 10.4 Å². The Bertz CT molecular complexity index is 1650. The number of fused-ring (bicyclic) bond motifs is 1. The van der Waals surface area contributed by atoms with E-state index in [1.807, 2.05) is 86.0 Å². The minimum atomic E-state index is -0.320. The molecule has 0 aliphatic carbocycles. The van der Waals surface area contributed by atoms with Crippen LogP contribution in [0.4, 0.5) is 10.8 Å². The number of aromatic nitrogens is 1. The largest absolute Gasteiger partial charge is 0.494 e. The summed E-state index contributed by atoms with van der Waals surface area (Å²) in [6, 6.07) is 24.5. The summed E-state index contributed by atoms with van der Waals surface area (Å²) in [6.07, 6.45) is 1.61. The molecule has 0 saturated carbocycles. The minimum absolute atomic E-state index is 0.320. The summed E-state index contributed by atoms with van der Waals surface area (Å²) in [5.74, 6) is 1.12. The van der Waals surface area contributed by atoms with Crippen LogP contribution in [0.2, 0.25) is 5.02 Å². The molecule has 0 radical (unpaired) electrons. The van der Waals surface area contributed by atoms with Crippen molar-refractivity contribution in [1.82, 2.24) is 10.4 Å². The average molecular weight is 571 g/mol. The number of carbonyl (C=O) groups excluding carboxylic acids is 1. The highest BCUT2D eigenvalue weighted by atomic mass is 35.5. The van der Waals surface area contributed by atoms with E-state index < -0.39 is 0 Å². The number of rotatable bonds is 10. The van der Waals surface area contributed by atoms with Crippen molar-refractivity contribution < 1.29 is 14.3 Å². The van der Waals surface area contributed by atoms with Gasteiger partial charge in [-0.1, -0.05) is 35.9 Å². The van der Waals surface area contributed by atoms with E-state index in [2.05, 4.69) is 20.8 Å². The van der Waals surface area contributed by atoms with Crippen molar-refractivity contribution in [2.75, 3.05) is 18.5 Å². The van der Waals surface area contributed by atoms with Crippen LogP contribution in [0.25, 0.3) is 22.0 Å². The second-order valence-electron chi connectivity index (χ2n) is 8.67. The summed E-state index contributed by atoms with van der Waals surface area (Å²) < 4.78 is 11.5. The lowest BCUT2D eigenvalue weighted by Crippen LogP contribution is -2.17. The van der Waals surface area contributed by atoms with E-state index in [1.54, 1.807) is 18.3 Å². The first-order valence-corrected chi connectivity index (χ1v) is 14.0. The summed E-state index contributed by atoms with van der Waals surface area (Å²) in [5.41, 5.74) is 6.51. The van der Waals surface area contributed by atoms with Crippen molar-refractivity contribution in [3.63, 3.8) is 0 Å². The van der Waals surface area contributed by atoms with Crippen LogP contribution in [0, 0.1) is 0 Å². The maximum absolute atomic E-state index is 12.8. The molecule has 40 heavy (non-hydrogen) atoms. The van der Waals surface area contributed by atoms with Crippen LogP contribution in [0.15, 0.2) is 89.3 Å². The maximum atomic E-state index is 12.8. The highest BCUT2D eigenvalue weighted by Crippen LogP contribution is 2.30. The normalized spacial score (nSPS) is 11.1. The molecule has 1 amide bonds. The molecule has 0 unspecified atom stereocenters. The topological polar surface area (TPSA) is 84.8 Å². The number of benzene rings is 4. The van der Waals surface area contributed by atoms with Crippen LogP contribution < -0.4 is 20.2 Å². The molecular formula is C31H27ClN4O3S. The van der Waals surface area contributed by atoms with E-state index in [0.29, 0.717) is 29.5 Å². The predicted octanol–water partition coefficient (Wildman–Crippen LogP) is 7.92. The molecule has 202 valence electrons. The number of hydrogen-bond acceptors (Lipinski definition) is 7. The third-order valence-corrected chi connectivity index (χ3v) is 7.02. The summed E-state index contributed by atoms with van der Waals surface area (Å²) in [5, 5.41) is 12.9. The van der Waals surface area contributed by atoms with Gasteiger partial charge in [-0.15, -0.1) is 11.3 Å². The van der Waals surface area contributed by atoms with Crippen LogP contribution in [0.3, 0.4) is 0 Å². The van der Waals surface area contributed by atoms with Gasteiger partial charge in [0.2, 0.25) is 0 Å². The molecule has 9 heteroatoms. The highest BCUT2D eigenvalue weighted by molar-refractivity contribution is 7.14. The number of amides is 1. The Hall–Kier alpha value is -4.40. The number of hydrogen-bond donors (Lipinski definition) is 2. The highest BCUT2D eigenvalue weighted by Gasteiger charge is 2.11. The van der Waals surface area contributed by atoms with Gasteiger partial charge in [0.05, 0.1) is 25.1 Å². The zero-order valence-electron chi connectivity index (χ0n) is 22.0. The number of carbonyl (C=O) groups is 1. The van der Waals surface area contributed by atoms with E-state index >= 15 is 0 Å². The van der Waals surface area contributed by atoms with E-state index in [4.69, 9.17) is 21.1 Å². The fourth-order valence-corrected chi connectivity index (χ4v) is 4.97. The molecule has 0 aliphatic rings. The third-order valence-electron chi connectivity index (χ3n) is 6.01. The van der Waals surface area contributed by atoms with Gasteiger partial charge in [-0.2, -0.15) is 5.10 Å². The Morgan fingerprint density at radius 1 is 0.975 bits per heavy atom. The molecule has 0 bridgehead atoms. The van der Waals surface area contributed by atoms with E-state index in [0.717, 1.165) is 44.2 Å². The van der Waals surface area contributed by atoms with Crippen molar-refractivity contribution in [2.24, 2.45) is 5.10 Å². The van der Waals surface area contributed by atoms with Crippen LogP contribution in [-0.4, -0.2) is 30.3 Å². The summed E-state index contributed by atoms with van der Waals surface area (Å²) in [4.78, 5) is 17.5. The lowest BCUT2D eigenvalue weighted by Gasteiger charge is -2.12. The van der Waals surface area contributed by atoms with Crippen molar-refractivity contribution in [1.29, 1.82) is 0 Å². The van der Waals surface area contributed by atoms with Gasteiger partial charge in [-0.3, -0.25) is 4.79 Å². The number of hydrazone groups is 1. The predicted molar refractivity (Wildman–Crippen MR) is 164 cm³/mol. The summed E-state index contributed by atoms with van der Waals surface area (Å²) >= 11 is 7.46. The van der Waals surface area contributed by atoms with Gasteiger partial charge >= 0.3 is 0 Å². The molecule has 0 fully saturated rings. The molecule has 5 aromatic rings. The number of ether oxygens (including phenoxy) is 2. The Morgan fingerprint density at radius 2 is 1.73 bits per heavy atom. The third kappa shape index (κ3) is 6.42. The molecule has 0 atom stereocenters. The number of anilines is 2. The summed E-state index contributed by atoms with van der Waals surface area (Å²) in [7, 11) is 0. The first-order chi connectivity index (χ1) is 19.5. The molecular weight excluding hydrogens is 544 g/mol. The second-order valence-corrected chi connectivity index (χ2v) is 9.97. The van der Waals surface area contributed by atoms with Crippen molar-refractivity contribution >= 4 is 56.7 Å². The quantitative estimate of drug-likeness (QED) is 0.132. The smallest absolute Gasteiger partial charge is 0.271 e. The van der Waals surface area contributed by atoms with Crippen molar-refractivity contribution in [2.45, 2.75) is 13.8 Å². The maximum Gasteiger partial charge on any atom is 0.271 e. The van der Waals surface area contributed by atoms with Crippen LogP contribution in [-0.2, 0) is 0 Å². The number of nitrogens with zero attached hydrogens (tertiary/aromatic N) is 2. The molecule has 0 saturated heterocycles. The lowest BCUT2D eigenvalue weighted by atomic mass is 10.0. The van der Waals surface area contributed by atoms with Crippen molar-refractivity contribution in [3.05, 3.63) is 100 Å². The molecule has 5 rings (SSSR count). The number of nitrogens with one attached hydrogen (secondary N) is 2. The fraction of sp³-hybridized carbons (Fsp3) is 0.129. The second kappa shape index (κ2) is 12.6. The molecule has 0 aliphatic heterocycles. The van der Waals surface area contributed by atoms with Gasteiger partial charge in [-0.05, 0) is 79.2 Å². The van der Waals surface area contributed by atoms with Crippen LogP contribution >= 0.6 is 22.9 Å². The van der Waals surface area contributed by atoms with Gasteiger partial charge in [0.1, 0.15) is 11.5 Å². The molecule has 1 aromatic heterocycles. The van der Waals surface area contributed by atoms with E-state index in [1.165, 1.54) is 11.3 Å².